The average Bonchev–Trinajstić information content (AvgIpc) is 2.08. The molecule has 0 aromatic heterocycles. The lowest BCUT2D eigenvalue weighted by atomic mass is 10.1. The van der Waals surface area contributed by atoms with Crippen LogP contribution in [0.15, 0.2) is 30.5 Å². The standard InChI is InChI=1S/C12H14O/c1-4-11-5-6-12(8-10(3)13)9(2)7-11/h5-8,13H,2-4H2,1H3/b12-8-. The molecule has 0 saturated carbocycles. The second-order valence-corrected chi connectivity index (χ2v) is 3.02. The van der Waals surface area contributed by atoms with Gasteiger partial charge in [0.2, 0.25) is 0 Å². The molecule has 0 aliphatic heterocycles. The Morgan fingerprint density at radius 2 is 2.23 bits per heavy atom. The number of hydrogen-bond donors (Lipinski definition) is 1. The summed E-state index contributed by atoms with van der Waals surface area (Å²) in [5.41, 5.74) is 1.26. The highest BCUT2D eigenvalue weighted by Gasteiger charge is 1.88. The minimum Gasteiger partial charge on any atom is -0.509 e. The van der Waals surface area contributed by atoms with E-state index in [0.29, 0.717) is 0 Å². The van der Waals surface area contributed by atoms with Crippen LogP contribution < -0.4 is 10.4 Å². The zero-order chi connectivity index (χ0) is 9.84. The first-order valence-electron chi connectivity index (χ1n) is 4.31. The predicted octanol–water partition coefficient (Wildman–Crippen LogP) is 1.51. The molecule has 1 rings (SSSR count). The molecule has 1 aromatic rings. The van der Waals surface area contributed by atoms with Crippen LogP contribution in [-0.2, 0) is 6.42 Å². The van der Waals surface area contributed by atoms with Crippen LogP contribution in [0.2, 0.25) is 0 Å². The summed E-state index contributed by atoms with van der Waals surface area (Å²) in [6.07, 6.45) is 2.62. The first-order chi connectivity index (χ1) is 6.13. The summed E-state index contributed by atoms with van der Waals surface area (Å²) in [5.74, 6) is 0.0640. The normalized spacial score (nSPS) is 11.6. The van der Waals surface area contributed by atoms with Crippen LogP contribution >= 0.6 is 0 Å². The van der Waals surface area contributed by atoms with Crippen LogP contribution in [0.1, 0.15) is 12.5 Å². The molecule has 0 fully saturated rings. The SMILES string of the molecule is C=C(O)/C=c1/ccc(CC)cc1=C. The van der Waals surface area contributed by atoms with E-state index in [1.54, 1.807) is 6.08 Å². The van der Waals surface area contributed by atoms with Crippen LogP contribution in [0.4, 0.5) is 0 Å². The van der Waals surface area contributed by atoms with E-state index in [2.05, 4.69) is 20.1 Å². The maximum absolute atomic E-state index is 8.98. The fraction of sp³-hybridized carbons (Fsp3) is 0.167. The summed E-state index contributed by atoms with van der Waals surface area (Å²) in [4.78, 5) is 0. The molecule has 0 aliphatic rings. The quantitative estimate of drug-likeness (QED) is 0.674. The molecule has 1 nitrogen and oxygen atoms in total. The zero-order valence-corrected chi connectivity index (χ0v) is 7.88. The molecule has 0 amide bonds. The molecule has 0 atom stereocenters. The van der Waals surface area contributed by atoms with E-state index in [4.69, 9.17) is 5.11 Å². The van der Waals surface area contributed by atoms with Gasteiger partial charge in [0.15, 0.2) is 0 Å². The van der Waals surface area contributed by atoms with Crippen molar-refractivity contribution in [3.63, 3.8) is 0 Å². The van der Waals surface area contributed by atoms with Crippen LogP contribution in [0.5, 0.6) is 0 Å². The van der Waals surface area contributed by atoms with Gasteiger partial charge in [-0.3, -0.25) is 0 Å². The molecular weight excluding hydrogens is 160 g/mol. The summed E-state index contributed by atoms with van der Waals surface area (Å²) in [5, 5.41) is 10.8. The molecule has 1 aromatic carbocycles. The van der Waals surface area contributed by atoms with E-state index in [1.165, 1.54) is 5.56 Å². The van der Waals surface area contributed by atoms with Crippen molar-refractivity contribution in [1.29, 1.82) is 0 Å². The van der Waals surface area contributed by atoms with E-state index in [-0.39, 0.29) is 5.76 Å². The molecule has 0 aliphatic carbocycles. The van der Waals surface area contributed by atoms with E-state index in [0.717, 1.165) is 16.9 Å². The third-order valence-electron chi connectivity index (χ3n) is 1.94. The van der Waals surface area contributed by atoms with Crippen LogP contribution in [0, 0.1) is 0 Å². The molecular formula is C12H14O. The number of aryl methyl sites for hydroxylation is 1. The second-order valence-electron chi connectivity index (χ2n) is 3.02. The van der Waals surface area contributed by atoms with Crippen molar-refractivity contribution in [2.75, 3.05) is 0 Å². The fourth-order valence-electron chi connectivity index (χ4n) is 1.20. The lowest BCUT2D eigenvalue weighted by Crippen LogP contribution is -2.23. The van der Waals surface area contributed by atoms with Gasteiger partial charge in [-0.1, -0.05) is 38.3 Å². The number of aliphatic hydroxyl groups is 1. The van der Waals surface area contributed by atoms with Gasteiger partial charge >= 0.3 is 0 Å². The van der Waals surface area contributed by atoms with Crippen LogP contribution in [0.3, 0.4) is 0 Å². The monoisotopic (exact) mass is 174 g/mol. The summed E-state index contributed by atoms with van der Waals surface area (Å²) in [7, 11) is 0. The van der Waals surface area contributed by atoms with Gasteiger partial charge < -0.3 is 5.11 Å². The van der Waals surface area contributed by atoms with Gasteiger partial charge in [-0.25, -0.2) is 0 Å². The third kappa shape index (κ3) is 2.48. The van der Waals surface area contributed by atoms with E-state index < -0.39 is 0 Å². The van der Waals surface area contributed by atoms with Crippen LogP contribution in [-0.4, -0.2) is 5.11 Å². The summed E-state index contributed by atoms with van der Waals surface area (Å²) < 4.78 is 0. The number of benzene rings is 1. The Balaban J connectivity index is 3.29. The van der Waals surface area contributed by atoms with Crippen molar-refractivity contribution in [3.8, 4) is 0 Å². The van der Waals surface area contributed by atoms with Gasteiger partial charge in [0.1, 0.15) is 5.76 Å². The molecule has 0 radical (unpaired) electrons. The Morgan fingerprint density at radius 1 is 1.54 bits per heavy atom. The maximum Gasteiger partial charge on any atom is 0.109 e. The molecule has 0 bridgehead atoms. The van der Waals surface area contributed by atoms with Crippen molar-refractivity contribution in [3.05, 3.63) is 46.5 Å². The minimum atomic E-state index is 0.0640. The molecule has 68 valence electrons. The maximum atomic E-state index is 8.98. The molecule has 0 spiro atoms. The van der Waals surface area contributed by atoms with Gasteiger partial charge in [-0.05, 0) is 28.5 Å². The van der Waals surface area contributed by atoms with Gasteiger partial charge in [0.25, 0.3) is 0 Å². The van der Waals surface area contributed by atoms with Crippen molar-refractivity contribution < 1.29 is 5.11 Å². The third-order valence-corrected chi connectivity index (χ3v) is 1.94. The zero-order valence-electron chi connectivity index (χ0n) is 7.88. The smallest absolute Gasteiger partial charge is 0.109 e. The average molecular weight is 174 g/mol. The van der Waals surface area contributed by atoms with Crippen LogP contribution in [0.25, 0.3) is 12.7 Å². The van der Waals surface area contributed by atoms with Gasteiger partial charge in [0, 0.05) is 0 Å². The highest BCUT2D eigenvalue weighted by Crippen LogP contribution is 1.92. The van der Waals surface area contributed by atoms with E-state index in [1.807, 2.05) is 18.2 Å². The fourth-order valence-corrected chi connectivity index (χ4v) is 1.20. The lowest BCUT2D eigenvalue weighted by molar-refractivity contribution is 0.444. The van der Waals surface area contributed by atoms with Gasteiger partial charge in [-0.15, -0.1) is 0 Å². The molecule has 1 heteroatoms. The second kappa shape index (κ2) is 3.94. The number of aliphatic hydroxyl groups excluding tert-OH is 1. The highest BCUT2D eigenvalue weighted by atomic mass is 16.3. The topological polar surface area (TPSA) is 20.2 Å². The minimum absolute atomic E-state index is 0.0640. The molecule has 0 saturated heterocycles. The predicted molar refractivity (Wildman–Crippen MR) is 56.8 cm³/mol. The van der Waals surface area contributed by atoms with Gasteiger partial charge in [0.05, 0.1) is 0 Å². The summed E-state index contributed by atoms with van der Waals surface area (Å²) in [6.45, 7) is 9.41. The Labute approximate surface area is 78.3 Å². The summed E-state index contributed by atoms with van der Waals surface area (Å²) in [6, 6.07) is 6.00. The first kappa shape index (κ1) is 9.59. The Kier molecular flexibility index (Phi) is 2.91. The van der Waals surface area contributed by atoms with E-state index >= 15 is 0 Å². The van der Waals surface area contributed by atoms with Crippen molar-refractivity contribution in [2.45, 2.75) is 13.3 Å². The molecule has 1 N–H and O–H groups in total. The molecule has 0 unspecified atom stereocenters. The van der Waals surface area contributed by atoms with E-state index in [9.17, 15) is 0 Å². The Hall–Kier alpha value is -1.50. The first-order valence-corrected chi connectivity index (χ1v) is 4.31. The molecule has 13 heavy (non-hydrogen) atoms. The Morgan fingerprint density at radius 3 is 2.69 bits per heavy atom. The van der Waals surface area contributed by atoms with Crippen molar-refractivity contribution >= 4 is 12.7 Å². The van der Waals surface area contributed by atoms with Crippen molar-refractivity contribution in [2.24, 2.45) is 0 Å². The Bertz CT molecular complexity index is 415. The number of hydrogen-bond acceptors (Lipinski definition) is 1. The van der Waals surface area contributed by atoms with Crippen molar-refractivity contribution in [1.82, 2.24) is 0 Å². The highest BCUT2D eigenvalue weighted by molar-refractivity contribution is 5.41. The molecule has 0 heterocycles. The van der Waals surface area contributed by atoms with Gasteiger partial charge in [-0.2, -0.15) is 0 Å². The largest absolute Gasteiger partial charge is 0.509 e. The number of rotatable bonds is 2. The summed E-state index contributed by atoms with van der Waals surface area (Å²) >= 11 is 0. The lowest BCUT2D eigenvalue weighted by Gasteiger charge is -1.95. The number of allylic oxidation sites excluding steroid dienone is 1.